The number of aromatic nitrogens is 1. The Kier molecular flexibility index (Phi) is 7.61. The summed E-state index contributed by atoms with van der Waals surface area (Å²) in [6.45, 7) is 3.50. The van der Waals surface area contributed by atoms with Gasteiger partial charge in [-0.05, 0) is 36.1 Å². The van der Waals surface area contributed by atoms with E-state index >= 15 is 0 Å². The summed E-state index contributed by atoms with van der Waals surface area (Å²) in [5.74, 6) is -3.82. The van der Waals surface area contributed by atoms with Crippen molar-refractivity contribution in [2.24, 2.45) is 5.92 Å². The standard InChI is InChI=1S/C22H26N3O8P/c1-13(2)10-17(24-20(26)19-8-5-9-33-19)21(27)25(34(30,31)32)18(22(28)29)11-14-12-23-16-7-4-3-6-15(14)16/h3-9,12-13,17-18,23H,10-11H2,1-2H3,(H,24,26)(H,28,29)(H2,30,31,32)/t17-,18-/m0/s1. The number of aromatic amines is 1. The first-order valence-electron chi connectivity index (χ1n) is 10.5. The summed E-state index contributed by atoms with van der Waals surface area (Å²) in [6.07, 6.45) is 2.45. The Hall–Kier alpha value is -3.40. The number of para-hydroxylation sites is 1. The van der Waals surface area contributed by atoms with Crippen LogP contribution in [0, 0.1) is 5.92 Å². The highest BCUT2D eigenvalue weighted by Gasteiger charge is 2.44. The second kappa shape index (κ2) is 10.3. The molecule has 0 unspecified atom stereocenters. The van der Waals surface area contributed by atoms with E-state index in [-0.39, 0.29) is 29.2 Å². The number of nitrogens with zero attached hydrogens (tertiary/aromatic N) is 1. The van der Waals surface area contributed by atoms with Gasteiger partial charge in [-0.3, -0.25) is 9.59 Å². The van der Waals surface area contributed by atoms with Crippen molar-refractivity contribution >= 4 is 36.4 Å². The molecule has 34 heavy (non-hydrogen) atoms. The van der Waals surface area contributed by atoms with E-state index in [9.17, 15) is 33.8 Å². The number of hydrogen-bond acceptors (Lipinski definition) is 5. The molecule has 2 aromatic heterocycles. The number of H-pyrrole nitrogens is 1. The molecule has 0 spiro atoms. The largest absolute Gasteiger partial charge is 0.480 e. The molecule has 0 saturated carbocycles. The van der Waals surface area contributed by atoms with Gasteiger partial charge in [-0.15, -0.1) is 0 Å². The third-order valence-corrected chi connectivity index (χ3v) is 6.27. The number of hydrogen-bond donors (Lipinski definition) is 5. The lowest BCUT2D eigenvalue weighted by atomic mass is 10.0. The van der Waals surface area contributed by atoms with E-state index in [1.165, 1.54) is 24.6 Å². The Morgan fingerprint density at radius 2 is 1.85 bits per heavy atom. The van der Waals surface area contributed by atoms with Crippen LogP contribution in [-0.2, 0) is 20.6 Å². The van der Waals surface area contributed by atoms with Gasteiger partial charge in [0.15, 0.2) is 5.76 Å². The van der Waals surface area contributed by atoms with Crippen molar-refractivity contribution in [3.05, 3.63) is 60.2 Å². The van der Waals surface area contributed by atoms with Crippen molar-refractivity contribution in [1.82, 2.24) is 15.0 Å². The fraction of sp³-hybridized carbons (Fsp3) is 0.318. The number of benzene rings is 1. The Morgan fingerprint density at radius 3 is 2.44 bits per heavy atom. The highest BCUT2D eigenvalue weighted by Crippen LogP contribution is 2.43. The van der Waals surface area contributed by atoms with Crippen molar-refractivity contribution in [1.29, 1.82) is 0 Å². The smallest absolute Gasteiger partial charge is 0.433 e. The maximum Gasteiger partial charge on any atom is 0.433 e. The molecule has 2 amide bonds. The van der Waals surface area contributed by atoms with Crippen molar-refractivity contribution < 1.29 is 38.3 Å². The molecule has 0 aliphatic carbocycles. The van der Waals surface area contributed by atoms with Gasteiger partial charge in [-0.2, -0.15) is 0 Å². The fourth-order valence-electron chi connectivity index (χ4n) is 3.74. The van der Waals surface area contributed by atoms with E-state index in [1.807, 2.05) is 0 Å². The average Bonchev–Trinajstić information content (AvgIpc) is 3.42. The molecule has 2 atom stereocenters. The summed E-state index contributed by atoms with van der Waals surface area (Å²) in [6, 6.07) is 6.57. The van der Waals surface area contributed by atoms with Gasteiger partial charge in [0.1, 0.15) is 12.1 Å². The topological polar surface area (TPSA) is 173 Å². The molecule has 1 aromatic carbocycles. The van der Waals surface area contributed by atoms with Gasteiger partial charge >= 0.3 is 13.7 Å². The van der Waals surface area contributed by atoms with E-state index < -0.39 is 37.6 Å². The van der Waals surface area contributed by atoms with Crippen LogP contribution in [0.4, 0.5) is 0 Å². The Balaban J connectivity index is 1.97. The number of amides is 2. The predicted octanol–water partition coefficient (Wildman–Crippen LogP) is 2.52. The maximum atomic E-state index is 13.4. The lowest BCUT2D eigenvalue weighted by Crippen LogP contribution is -2.53. The van der Waals surface area contributed by atoms with Gasteiger partial charge in [0, 0.05) is 23.5 Å². The molecule has 11 nitrogen and oxygen atoms in total. The van der Waals surface area contributed by atoms with Gasteiger partial charge in [0.2, 0.25) is 0 Å². The zero-order valence-corrected chi connectivity index (χ0v) is 19.4. The molecule has 0 aliphatic heterocycles. The number of aliphatic carboxylic acids is 1. The number of rotatable bonds is 10. The van der Waals surface area contributed by atoms with Crippen molar-refractivity contribution in [2.45, 2.75) is 38.8 Å². The quantitative estimate of drug-likeness (QED) is 0.269. The number of nitrogens with one attached hydrogen (secondary N) is 2. The van der Waals surface area contributed by atoms with Crippen LogP contribution in [-0.4, -0.2) is 54.4 Å². The molecule has 0 radical (unpaired) electrons. The number of furan rings is 1. The Morgan fingerprint density at radius 1 is 1.15 bits per heavy atom. The van der Waals surface area contributed by atoms with Crippen LogP contribution in [0.5, 0.6) is 0 Å². The monoisotopic (exact) mass is 491 g/mol. The van der Waals surface area contributed by atoms with E-state index in [0.717, 1.165) is 0 Å². The normalized spacial score (nSPS) is 13.6. The number of carbonyl (C=O) groups is 3. The molecule has 0 aliphatic rings. The number of carboxylic acid groups (broad SMARTS) is 1. The fourth-order valence-corrected chi connectivity index (χ4v) is 4.68. The zero-order chi connectivity index (χ0) is 25.0. The van der Waals surface area contributed by atoms with Gasteiger partial charge in [-0.1, -0.05) is 32.0 Å². The number of fused-ring (bicyclic) bond motifs is 1. The predicted molar refractivity (Wildman–Crippen MR) is 122 cm³/mol. The summed E-state index contributed by atoms with van der Waals surface area (Å²) < 4.78 is 17.5. The van der Waals surface area contributed by atoms with Crippen LogP contribution in [0.15, 0.2) is 53.3 Å². The summed E-state index contributed by atoms with van der Waals surface area (Å²) in [7, 11) is -5.40. The highest BCUT2D eigenvalue weighted by molar-refractivity contribution is 7.50. The molecule has 0 fully saturated rings. The first kappa shape index (κ1) is 25.2. The van der Waals surface area contributed by atoms with E-state index in [4.69, 9.17) is 4.42 Å². The summed E-state index contributed by atoms with van der Waals surface area (Å²) in [5.41, 5.74) is 1.17. The summed E-state index contributed by atoms with van der Waals surface area (Å²) in [4.78, 5) is 61.1. The Labute approximate surface area is 195 Å². The van der Waals surface area contributed by atoms with E-state index in [2.05, 4.69) is 10.3 Å². The van der Waals surface area contributed by atoms with E-state index in [1.54, 1.807) is 38.1 Å². The van der Waals surface area contributed by atoms with Crippen molar-refractivity contribution in [3.8, 4) is 0 Å². The zero-order valence-electron chi connectivity index (χ0n) is 18.5. The van der Waals surface area contributed by atoms with Crippen LogP contribution in [0.25, 0.3) is 10.9 Å². The van der Waals surface area contributed by atoms with Gasteiger partial charge in [-0.25, -0.2) is 14.0 Å². The molecule has 5 N–H and O–H groups in total. The summed E-state index contributed by atoms with van der Waals surface area (Å²) in [5, 5.41) is 13.0. The first-order chi connectivity index (χ1) is 16.0. The second-order valence-corrected chi connectivity index (χ2v) is 9.70. The SMILES string of the molecule is CC(C)C[C@H](NC(=O)c1ccco1)C(=O)N([C@@H](Cc1c[nH]c2ccccc12)C(=O)O)P(=O)(O)O. The number of carboxylic acids is 1. The molecular weight excluding hydrogens is 465 g/mol. The van der Waals surface area contributed by atoms with Gasteiger partial charge in [0.25, 0.3) is 11.8 Å². The van der Waals surface area contributed by atoms with Crippen LogP contribution in [0.2, 0.25) is 0 Å². The molecule has 3 aromatic rings. The first-order valence-corrected chi connectivity index (χ1v) is 12.1. The molecule has 12 heteroatoms. The molecule has 3 rings (SSSR count). The maximum absolute atomic E-state index is 13.4. The third-order valence-electron chi connectivity index (χ3n) is 5.23. The molecular formula is C22H26N3O8P. The lowest BCUT2D eigenvalue weighted by molar-refractivity contribution is -0.147. The Bertz CT molecular complexity index is 1210. The van der Waals surface area contributed by atoms with Gasteiger partial charge < -0.3 is 29.6 Å². The molecule has 2 heterocycles. The molecule has 0 saturated heterocycles. The molecule has 0 bridgehead atoms. The van der Waals surface area contributed by atoms with Crippen molar-refractivity contribution in [2.75, 3.05) is 0 Å². The minimum absolute atomic E-state index is 0.0151. The summed E-state index contributed by atoms with van der Waals surface area (Å²) >= 11 is 0. The van der Waals surface area contributed by atoms with Gasteiger partial charge in [0.05, 0.1) is 6.26 Å². The highest BCUT2D eigenvalue weighted by atomic mass is 31.2. The van der Waals surface area contributed by atoms with Crippen LogP contribution in [0.3, 0.4) is 0 Å². The minimum Gasteiger partial charge on any atom is -0.480 e. The van der Waals surface area contributed by atoms with Crippen molar-refractivity contribution in [3.63, 3.8) is 0 Å². The van der Waals surface area contributed by atoms with Crippen LogP contribution in [0.1, 0.15) is 36.4 Å². The van der Waals surface area contributed by atoms with E-state index in [0.29, 0.717) is 16.5 Å². The lowest BCUT2D eigenvalue weighted by Gasteiger charge is -2.32. The minimum atomic E-state index is -5.40. The second-order valence-electron chi connectivity index (χ2n) is 8.25. The number of carbonyl (C=O) groups excluding carboxylic acids is 2. The third kappa shape index (κ3) is 5.74. The van der Waals surface area contributed by atoms with Crippen LogP contribution < -0.4 is 5.32 Å². The average molecular weight is 491 g/mol. The molecule has 182 valence electrons. The van der Waals surface area contributed by atoms with Crippen LogP contribution >= 0.6 is 7.75 Å².